The second-order valence-corrected chi connectivity index (χ2v) is 5.10. The number of rotatable bonds is 7. The van der Waals surface area contributed by atoms with Crippen molar-refractivity contribution in [2.24, 2.45) is 12.8 Å². The van der Waals surface area contributed by atoms with Crippen LogP contribution in [0.3, 0.4) is 0 Å². The second-order valence-electron chi connectivity index (χ2n) is 5.10. The number of H-pyrrole nitrogens is 1. The van der Waals surface area contributed by atoms with Crippen LogP contribution < -0.4 is 15.9 Å². The van der Waals surface area contributed by atoms with Crippen LogP contribution in [0.4, 0.5) is 0 Å². The Balaban J connectivity index is 2.04. The molecule has 2 atom stereocenters. The number of nitrogens with one attached hydrogen (secondary N) is 1. The van der Waals surface area contributed by atoms with Gasteiger partial charge >= 0.3 is 0 Å². The lowest BCUT2D eigenvalue weighted by molar-refractivity contribution is -0.127. The highest BCUT2D eigenvalue weighted by Crippen LogP contribution is 2.15. The van der Waals surface area contributed by atoms with E-state index in [0.29, 0.717) is 17.7 Å². The summed E-state index contributed by atoms with van der Waals surface area (Å²) < 4.78 is 6.96. The van der Waals surface area contributed by atoms with Crippen LogP contribution in [0.25, 0.3) is 0 Å². The maximum absolute atomic E-state index is 11.3. The predicted octanol–water partition coefficient (Wildman–Crippen LogP) is -1.01. The standard InChI is InChI=1S/C14H18N4O4/c1-18-7-12(6-17-18)22-8-13(15)14(21,9-19)5-10-4-11(20)2-3-16-10/h2-4,6-7,9,13,21H,5,8,15H2,1H3,(H,16,20). The first-order chi connectivity index (χ1) is 10.4. The average Bonchev–Trinajstić information content (AvgIpc) is 2.90. The van der Waals surface area contributed by atoms with E-state index in [2.05, 4.69) is 10.1 Å². The molecule has 0 amide bonds. The Bertz CT molecular complexity index is 696. The molecular formula is C14H18N4O4. The summed E-state index contributed by atoms with van der Waals surface area (Å²) in [7, 11) is 1.74. The molecule has 2 rings (SSSR count). The Kier molecular flexibility index (Phi) is 4.74. The van der Waals surface area contributed by atoms with Gasteiger partial charge in [0.05, 0.1) is 18.4 Å². The third-order valence-electron chi connectivity index (χ3n) is 3.26. The van der Waals surface area contributed by atoms with Crippen molar-refractivity contribution >= 4 is 6.29 Å². The third-order valence-corrected chi connectivity index (χ3v) is 3.26. The maximum Gasteiger partial charge on any atom is 0.181 e. The number of hydrogen-bond acceptors (Lipinski definition) is 6. The molecule has 2 aromatic rings. The Morgan fingerprint density at radius 2 is 2.41 bits per heavy atom. The molecule has 0 radical (unpaired) electrons. The minimum atomic E-state index is -1.84. The average molecular weight is 306 g/mol. The number of ether oxygens (including phenoxy) is 1. The lowest BCUT2D eigenvalue weighted by Gasteiger charge is -2.28. The molecule has 0 aliphatic rings. The first kappa shape index (κ1) is 15.9. The van der Waals surface area contributed by atoms with Crippen molar-refractivity contribution in [1.82, 2.24) is 14.8 Å². The van der Waals surface area contributed by atoms with Gasteiger partial charge in [0, 0.05) is 37.5 Å². The van der Waals surface area contributed by atoms with Gasteiger partial charge in [-0.3, -0.25) is 9.48 Å². The summed E-state index contributed by atoms with van der Waals surface area (Å²) in [6, 6.07) is 1.69. The summed E-state index contributed by atoms with van der Waals surface area (Å²) in [5, 5.41) is 14.3. The molecule has 2 aromatic heterocycles. The third kappa shape index (κ3) is 3.80. The lowest BCUT2D eigenvalue weighted by Crippen LogP contribution is -2.54. The highest BCUT2D eigenvalue weighted by molar-refractivity contribution is 5.64. The SMILES string of the molecule is Cn1cc(OCC(N)C(O)(C=O)Cc2cc(=O)cc[nH]2)cn1. The first-order valence-electron chi connectivity index (χ1n) is 6.66. The Morgan fingerprint density at radius 3 is 3.00 bits per heavy atom. The van der Waals surface area contributed by atoms with Gasteiger partial charge in [-0.1, -0.05) is 0 Å². The second kappa shape index (κ2) is 6.54. The number of nitrogens with two attached hydrogens (primary N) is 1. The quantitative estimate of drug-likeness (QED) is 0.563. The highest BCUT2D eigenvalue weighted by Gasteiger charge is 2.35. The highest BCUT2D eigenvalue weighted by atomic mass is 16.5. The number of hydrogen-bond donors (Lipinski definition) is 3. The van der Waals surface area contributed by atoms with Gasteiger partial charge in [-0.2, -0.15) is 5.10 Å². The van der Waals surface area contributed by atoms with Crippen molar-refractivity contribution < 1.29 is 14.6 Å². The topological polar surface area (TPSA) is 123 Å². The molecule has 2 heterocycles. The smallest absolute Gasteiger partial charge is 0.181 e. The van der Waals surface area contributed by atoms with Gasteiger partial charge in [0.2, 0.25) is 0 Å². The van der Waals surface area contributed by atoms with Gasteiger partial charge in [-0.05, 0) is 0 Å². The molecule has 2 unspecified atom stereocenters. The van der Waals surface area contributed by atoms with E-state index in [-0.39, 0.29) is 18.5 Å². The molecule has 4 N–H and O–H groups in total. The monoisotopic (exact) mass is 306 g/mol. The van der Waals surface area contributed by atoms with E-state index in [0.717, 1.165) is 0 Å². The number of aldehydes is 1. The minimum absolute atomic E-state index is 0.0714. The van der Waals surface area contributed by atoms with Crippen LogP contribution in [0.1, 0.15) is 5.69 Å². The summed E-state index contributed by atoms with van der Waals surface area (Å²) in [4.78, 5) is 25.4. The minimum Gasteiger partial charge on any atom is -0.489 e. The number of carbonyl (C=O) groups is 1. The first-order valence-corrected chi connectivity index (χ1v) is 6.66. The van der Waals surface area contributed by atoms with Gasteiger partial charge in [-0.15, -0.1) is 0 Å². The van der Waals surface area contributed by atoms with Crippen molar-refractivity contribution in [3.63, 3.8) is 0 Å². The molecule has 0 aliphatic carbocycles. The van der Waals surface area contributed by atoms with Gasteiger partial charge in [-0.25, -0.2) is 0 Å². The van der Waals surface area contributed by atoms with Crippen LogP contribution >= 0.6 is 0 Å². The molecule has 0 fully saturated rings. The van der Waals surface area contributed by atoms with Gasteiger partial charge in [0.15, 0.2) is 17.5 Å². The molecule has 0 spiro atoms. The summed E-state index contributed by atoms with van der Waals surface area (Å²) in [5.74, 6) is 0.485. The molecule has 0 saturated carbocycles. The zero-order chi connectivity index (χ0) is 16.2. The van der Waals surface area contributed by atoms with Crippen LogP contribution in [-0.2, 0) is 18.3 Å². The Labute approximate surface area is 126 Å². The number of nitrogens with zero attached hydrogens (tertiary/aromatic N) is 2. The molecule has 0 aromatic carbocycles. The van der Waals surface area contributed by atoms with Crippen LogP contribution in [0.2, 0.25) is 0 Å². The Morgan fingerprint density at radius 1 is 1.64 bits per heavy atom. The molecule has 0 bridgehead atoms. The summed E-state index contributed by atoms with van der Waals surface area (Å²) in [5.41, 5.74) is 4.23. The van der Waals surface area contributed by atoms with Gasteiger partial charge in [0.25, 0.3) is 0 Å². The molecule has 0 saturated heterocycles. The summed E-state index contributed by atoms with van der Waals surface area (Å²) >= 11 is 0. The number of aryl methyl sites for hydroxylation is 1. The number of aromatic nitrogens is 3. The number of pyridine rings is 1. The predicted molar refractivity (Wildman–Crippen MR) is 78.5 cm³/mol. The fourth-order valence-corrected chi connectivity index (χ4v) is 1.96. The van der Waals surface area contributed by atoms with E-state index in [4.69, 9.17) is 10.5 Å². The molecule has 8 heteroatoms. The molecular weight excluding hydrogens is 288 g/mol. The van der Waals surface area contributed by atoms with E-state index in [9.17, 15) is 14.7 Å². The molecule has 0 aliphatic heterocycles. The molecule has 8 nitrogen and oxygen atoms in total. The lowest BCUT2D eigenvalue weighted by atomic mass is 9.91. The van der Waals surface area contributed by atoms with Crippen molar-refractivity contribution in [3.8, 4) is 5.75 Å². The van der Waals surface area contributed by atoms with E-state index in [1.54, 1.807) is 17.9 Å². The van der Waals surface area contributed by atoms with Crippen molar-refractivity contribution in [3.05, 3.63) is 46.6 Å². The number of aliphatic hydroxyl groups is 1. The summed E-state index contributed by atoms with van der Waals surface area (Å²) in [6.07, 6.45) is 4.85. The van der Waals surface area contributed by atoms with Crippen LogP contribution in [0, 0.1) is 0 Å². The largest absolute Gasteiger partial charge is 0.489 e. The number of aromatic amines is 1. The van der Waals surface area contributed by atoms with Crippen LogP contribution in [-0.4, -0.2) is 44.4 Å². The van der Waals surface area contributed by atoms with E-state index >= 15 is 0 Å². The molecule has 118 valence electrons. The van der Waals surface area contributed by atoms with Crippen molar-refractivity contribution in [1.29, 1.82) is 0 Å². The Hall–Kier alpha value is -2.45. The van der Waals surface area contributed by atoms with Crippen LogP contribution in [0.15, 0.2) is 35.5 Å². The zero-order valence-corrected chi connectivity index (χ0v) is 12.1. The maximum atomic E-state index is 11.3. The van der Waals surface area contributed by atoms with Crippen molar-refractivity contribution in [2.75, 3.05) is 6.61 Å². The van der Waals surface area contributed by atoms with Gasteiger partial charge in [0.1, 0.15) is 12.2 Å². The van der Waals surface area contributed by atoms with Crippen LogP contribution in [0.5, 0.6) is 5.75 Å². The number of carbonyl (C=O) groups excluding carboxylic acids is 1. The fourth-order valence-electron chi connectivity index (χ4n) is 1.96. The normalized spacial score (nSPS) is 15.0. The van der Waals surface area contributed by atoms with E-state index in [1.807, 2.05) is 0 Å². The van der Waals surface area contributed by atoms with Crippen molar-refractivity contribution in [2.45, 2.75) is 18.1 Å². The zero-order valence-electron chi connectivity index (χ0n) is 12.1. The summed E-state index contributed by atoms with van der Waals surface area (Å²) in [6.45, 7) is -0.0714. The van der Waals surface area contributed by atoms with E-state index in [1.165, 1.54) is 24.5 Å². The fraction of sp³-hybridized carbons (Fsp3) is 0.357. The van der Waals surface area contributed by atoms with Gasteiger partial charge < -0.3 is 25.4 Å². The molecule has 22 heavy (non-hydrogen) atoms. The van der Waals surface area contributed by atoms with E-state index < -0.39 is 11.6 Å².